The molecule has 1 rings (SSSR count). The van der Waals surface area contributed by atoms with Crippen LogP contribution in [-0.2, 0) is 0 Å². The van der Waals surface area contributed by atoms with Crippen LogP contribution in [0.2, 0.25) is 0 Å². The van der Waals surface area contributed by atoms with Crippen LogP contribution in [-0.4, -0.2) is 40.1 Å². The Hall–Kier alpha value is -0.940. The lowest BCUT2D eigenvalue weighted by Gasteiger charge is -2.29. The highest BCUT2D eigenvalue weighted by atomic mass is 32.1. The molecule has 0 aliphatic heterocycles. The second-order valence-electron chi connectivity index (χ2n) is 3.94. The number of aliphatic hydroxyl groups is 1. The van der Waals surface area contributed by atoms with E-state index in [1.54, 1.807) is 11.1 Å². The normalized spacial score (nSPS) is 10.9. The highest BCUT2D eigenvalue weighted by Crippen LogP contribution is 2.18. The molecule has 5 heteroatoms. The molecule has 0 spiro atoms. The summed E-state index contributed by atoms with van der Waals surface area (Å²) < 4.78 is 0. The Morgan fingerprint density at radius 2 is 2.18 bits per heavy atom. The highest BCUT2D eigenvalue weighted by Gasteiger charge is 2.23. The maximum absolute atomic E-state index is 12.3. The third kappa shape index (κ3) is 3.51. The van der Waals surface area contributed by atoms with E-state index in [1.807, 2.05) is 6.92 Å². The van der Waals surface area contributed by atoms with Crippen LogP contribution in [0.1, 0.15) is 41.4 Å². The number of aliphatic hydroxyl groups excluding tert-OH is 1. The van der Waals surface area contributed by atoms with Crippen molar-refractivity contribution < 1.29 is 9.90 Å². The average molecular weight is 256 g/mol. The first kappa shape index (κ1) is 14.1. The SMILES string of the molecule is CCC(CC)N(CCO)C(=O)c1cnc(C)s1. The first-order valence-corrected chi connectivity index (χ1v) is 6.79. The van der Waals surface area contributed by atoms with Crippen LogP contribution in [0.25, 0.3) is 0 Å². The fourth-order valence-electron chi connectivity index (χ4n) is 1.89. The van der Waals surface area contributed by atoms with Gasteiger partial charge in [0.2, 0.25) is 0 Å². The van der Waals surface area contributed by atoms with Crippen LogP contribution in [0.5, 0.6) is 0 Å². The maximum atomic E-state index is 12.3. The molecule has 96 valence electrons. The molecule has 17 heavy (non-hydrogen) atoms. The van der Waals surface area contributed by atoms with E-state index < -0.39 is 0 Å². The van der Waals surface area contributed by atoms with Gasteiger partial charge in [-0.05, 0) is 19.8 Å². The Morgan fingerprint density at radius 1 is 1.53 bits per heavy atom. The number of amides is 1. The van der Waals surface area contributed by atoms with Crippen LogP contribution in [0.4, 0.5) is 0 Å². The first-order chi connectivity index (χ1) is 8.13. The van der Waals surface area contributed by atoms with Gasteiger partial charge in [-0.1, -0.05) is 13.8 Å². The van der Waals surface area contributed by atoms with Gasteiger partial charge in [0.25, 0.3) is 5.91 Å². The van der Waals surface area contributed by atoms with Crippen molar-refractivity contribution in [2.75, 3.05) is 13.2 Å². The molecule has 1 amide bonds. The molecular formula is C12H20N2O2S. The smallest absolute Gasteiger partial charge is 0.265 e. The predicted octanol–water partition coefficient (Wildman–Crippen LogP) is 2.07. The lowest BCUT2D eigenvalue weighted by atomic mass is 10.1. The van der Waals surface area contributed by atoms with Crippen LogP contribution in [0, 0.1) is 6.92 Å². The molecular weight excluding hydrogens is 236 g/mol. The largest absolute Gasteiger partial charge is 0.395 e. The van der Waals surface area contributed by atoms with Crippen molar-refractivity contribution in [3.8, 4) is 0 Å². The van der Waals surface area contributed by atoms with Crippen LogP contribution in [0.15, 0.2) is 6.20 Å². The summed E-state index contributed by atoms with van der Waals surface area (Å²) in [6.45, 7) is 6.39. The minimum Gasteiger partial charge on any atom is -0.395 e. The number of aryl methyl sites for hydroxylation is 1. The van der Waals surface area contributed by atoms with E-state index in [1.165, 1.54) is 11.3 Å². The van der Waals surface area contributed by atoms with Crippen molar-refractivity contribution in [1.82, 2.24) is 9.88 Å². The first-order valence-electron chi connectivity index (χ1n) is 5.98. The number of rotatable bonds is 6. The summed E-state index contributed by atoms with van der Waals surface area (Å²) in [4.78, 5) is 18.8. The van der Waals surface area contributed by atoms with E-state index in [0.717, 1.165) is 17.8 Å². The zero-order chi connectivity index (χ0) is 12.8. The number of carbonyl (C=O) groups is 1. The molecule has 0 radical (unpaired) electrons. The van der Waals surface area contributed by atoms with Crippen LogP contribution < -0.4 is 0 Å². The lowest BCUT2D eigenvalue weighted by Crippen LogP contribution is -2.41. The summed E-state index contributed by atoms with van der Waals surface area (Å²) in [7, 11) is 0. The molecule has 0 saturated carbocycles. The van der Waals surface area contributed by atoms with Crippen molar-refractivity contribution in [1.29, 1.82) is 0 Å². The summed E-state index contributed by atoms with van der Waals surface area (Å²) in [6.07, 6.45) is 3.43. The number of carbonyl (C=O) groups excluding carboxylic acids is 1. The molecule has 0 aromatic carbocycles. The zero-order valence-electron chi connectivity index (χ0n) is 10.6. The Balaban J connectivity index is 2.86. The van der Waals surface area contributed by atoms with Gasteiger partial charge in [-0.25, -0.2) is 4.98 Å². The van der Waals surface area contributed by atoms with Crippen LogP contribution in [0.3, 0.4) is 0 Å². The van der Waals surface area contributed by atoms with E-state index in [0.29, 0.717) is 11.4 Å². The quantitative estimate of drug-likeness (QED) is 0.847. The molecule has 0 unspecified atom stereocenters. The molecule has 0 atom stereocenters. The summed E-state index contributed by atoms with van der Waals surface area (Å²) >= 11 is 1.40. The summed E-state index contributed by atoms with van der Waals surface area (Å²) in [5.41, 5.74) is 0. The van der Waals surface area contributed by atoms with Gasteiger partial charge in [0.05, 0.1) is 17.8 Å². The van der Waals surface area contributed by atoms with Gasteiger partial charge in [-0.3, -0.25) is 4.79 Å². The van der Waals surface area contributed by atoms with Gasteiger partial charge < -0.3 is 10.0 Å². The van der Waals surface area contributed by atoms with Crippen molar-refractivity contribution in [2.45, 2.75) is 39.7 Å². The Bertz CT molecular complexity index is 361. The fraction of sp³-hybridized carbons (Fsp3) is 0.667. The van der Waals surface area contributed by atoms with Gasteiger partial charge in [0, 0.05) is 12.6 Å². The van der Waals surface area contributed by atoms with Crippen molar-refractivity contribution >= 4 is 17.2 Å². The number of hydrogen-bond acceptors (Lipinski definition) is 4. The molecule has 4 nitrogen and oxygen atoms in total. The van der Waals surface area contributed by atoms with Crippen molar-refractivity contribution in [3.63, 3.8) is 0 Å². The topological polar surface area (TPSA) is 53.4 Å². The van der Waals surface area contributed by atoms with E-state index >= 15 is 0 Å². The third-order valence-corrected chi connectivity index (χ3v) is 3.72. The van der Waals surface area contributed by atoms with Gasteiger partial charge in [0.1, 0.15) is 4.88 Å². The second kappa shape index (κ2) is 6.71. The molecule has 1 aromatic rings. The predicted molar refractivity (Wildman–Crippen MR) is 69.3 cm³/mol. The molecule has 0 aliphatic carbocycles. The summed E-state index contributed by atoms with van der Waals surface area (Å²) in [5.74, 6) is -0.0154. The molecule has 0 aliphatic rings. The van der Waals surface area contributed by atoms with E-state index in [2.05, 4.69) is 18.8 Å². The minimum atomic E-state index is -0.0154. The van der Waals surface area contributed by atoms with Gasteiger partial charge >= 0.3 is 0 Å². The van der Waals surface area contributed by atoms with E-state index in [9.17, 15) is 4.79 Å². The minimum absolute atomic E-state index is 0.0000257. The van der Waals surface area contributed by atoms with E-state index in [-0.39, 0.29) is 18.6 Å². The summed E-state index contributed by atoms with van der Waals surface area (Å²) in [5, 5.41) is 9.96. The van der Waals surface area contributed by atoms with Crippen LogP contribution >= 0.6 is 11.3 Å². The third-order valence-electron chi connectivity index (χ3n) is 2.82. The fourth-order valence-corrected chi connectivity index (χ4v) is 2.62. The Labute approximate surface area is 106 Å². The number of aromatic nitrogens is 1. The second-order valence-corrected chi connectivity index (χ2v) is 5.17. The van der Waals surface area contributed by atoms with Gasteiger partial charge in [-0.15, -0.1) is 11.3 Å². The van der Waals surface area contributed by atoms with Gasteiger partial charge in [0.15, 0.2) is 0 Å². The van der Waals surface area contributed by atoms with Crippen molar-refractivity contribution in [2.24, 2.45) is 0 Å². The highest BCUT2D eigenvalue weighted by molar-refractivity contribution is 7.13. The van der Waals surface area contributed by atoms with Crippen molar-refractivity contribution in [3.05, 3.63) is 16.1 Å². The standard InChI is InChI=1S/C12H20N2O2S/c1-4-10(5-2)14(6-7-15)12(16)11-8-13-9(3)17-11/h8,10,15H,4-7H2,1-3H3. The molecule has 0 fully saturated rings. The molecule has 1 aromatic heterocycles. The average Bonchev–Trinajstić information content (AvgIpc) is 2.75. The monoisotopic (exact) mass is 256 g/mol. The lowest BCUT2D eigenvalue weighted by molar-refractivity contribution is 0.0627. The summed E-state index contributed by atoms with van der Waals surface area (Å²) in [6, 6.07) is 0.192. The number of thiazole rings is 1. The molecule has 0 saturated heterocycles. The zero-order valence-corrected chi connectivity index (χ0v) is 11.5. The maximum Gasteiger partial charge on any atom is 0.265 e. The van der Waals surface area contributed by atoms with E-state index in [4.69, 9.17) is 5.11 Å². The Kier molecular flexibility index (Phi) is 5.58. The molecule has 1 heterocycles. The van der Waals surface area contributed by atoms with Gasteiger partial charge in [-0.2, -0.15) is 0 Å². The molecule has 1 N–H and O–H groups in total. The Morgan fingerprint density at radius 3 is 2.59 bits per heavy atom. The number of nitrogens with zero attached hydrogens (tertiary/aromatic N) is 2. The number of hydrogen-bond donors (Lipinski definition) is 1. The molecule has 0 bridgehead atoms.